The molecule has 0 radical (unpaired) electrons. The van der Waals surface area contributed by atoms with E-state index in [1.165, 1.54) is 46.3 Å². The summed E-state index contributed by atoms with van der Waals surface area (Å²) in [4.78, 5) is 0. The van der Waals surface area contributed by atoms with Crippen molar-refractivity contribution in [2.75, 3.05) is 0 Å². The molecule has 1 aliphatic rings. The summed E-state index contributed by atoms with van der Waals surface area (Å²) in [6.07, 6.45) is 8.51. The Kier molecular flexibility index (Phi) is 6.73. The fraction of sp³-hybridized carbons (Fsp3) is 0.290. The predicted octanol–water partition coefficient (Wildman–Crippen LogP) is 8.14. The zero-order valence-corrected chi connectivity index (χ0v) is 22.0. The molecule has 0 fully saturated rings. The summed E-state index contributed by atoms with van der Waals surface area (Å²) in [6, 6.07) is 32.3. The molecule has 172 valence electrons. The van der Waals surface area contributed by atoms with Crippen molar-refractivity contribution in [3.05, 3.63) is 114 Å². The summed E-state index contributed by atoms with van der Waals surface area (Å²) in [7, 11) is 0. The van der Waals surface area contributed by atoms with E-state index < -0.39 is 5.96 Å². The van der Waals surface area contributed by atoms with E-state index in [9.17, 15) is 0 Å². The second kappa shape index (κ2) is 9.25. The number of benzene rings is 3. The zero-order chi connectivity index (χ0) is 23.6. The molecular formula is C31H36ClP. The second-order valence-electron chi connectivity index (χ2n) is 10.1. The molecule has 0 spiro atoms. The van der Waals surface area contributed by atoms with E-state index in [-0.39, 0.29) is 11.1 Å². The maximum atomic E-state index is 8.31. The minimum absolute atomic E-state index is 0.114. The average Bonchev–Trinajstić information content (AvgIpc) is 2.84. The Morgan fingerprint density at radius 2 is 1.21 bits per heavy atom. The Hall–Kier alpha value is -2.14. The van der Waals surface area contributed by atoms with Crippen LogP contribution in [0.2, 0.25) is 0 Å². The van der Waals surface area contributed by atoms with Gasteiger partial charge in [0.1, 0.15) is 0 Å². The Labute approximate surface area is 205 Å². The van der Waals surface area contributed by atoms with Crippen molar-refractivity contribution < 1.29 is 0 Å². The quantitative estimate of drug-likeness (QED) is 0.316. The van der Waals surface area contributed by atoms with Crippen LogP contribution in [0.15, 0.2) is 114 Å². The molecule has 0 amide bonds. The first kappa shape index (κ1) is 24.0. The Morgan fingerprint density at radius 3 is 1.61 bits per heavy atom. The van der Waals surface area contributed by atoms with Crippen LogP contribution in [0.5, 0.6) is 0 Å². The summed E-state index contributed by atoms with van der Waals surface area (Å²) < 4.78 is 0. The molecule has 4 rings (SSSR count). The second-order valence-corrected chi connectivity index (χ2v) is 16.7. The summed E-state index contributed by atoms with van der Waals surface area (Å²) in [6.45, 7) is 9.38. The molecule has 0 aliphatic heterocycles. The standard InChI is InChI=1S/C31H36ClP/c1-25-15-14-24-31(3,4)30(25)23-22-26(2)33(32,27-16-8-5-9-17-27,28-18-10-6-11-19-28)29-20-12-7-13-21-29/h5-13,16-23,26H,14-15,24H2,1-4H3. The molecular weight excluding hydrogens is 439 g/mol. The number of hydrogen-bond donors (Lipinski definition) is 0. The van der Waals surface area contributed by atoms with Crippen LogP contribution in [0, 0.1) is 5.41 Å². The summed E-state index contributed by atoms with van der Waals surface area (Å²) >= 11 is 8.31. The van der Waals surface area contributed by atoms with Crippen molar-refractivity contribution in [3.8, 4) is 0 Å². The van der Waals surface area contributed by atoms with Gasteiger partial charge in [-0.25, -0.2) is 0 Å². The third-order valence-corrected chi connectivity index (χ3v) is 15.9. The Morgan fingerprint density at radius 1 is 0.788 bits per heavy atom. The van der Waals surface area contributed by atoms with Crippen LogP contribution < -0.4 is 15.9 Å². The molecule has 0 heterocycles. The van der Waals surface area contributed by atoms with Crippen molar-refractivity contribution in [3.63, 3.8) is 0 Å². The van der Waals surface area contributed by atoms with Gasteiger partial charge >= 0.3 is 205 Å². The maximum absolute atomic E-state index is 8.31. The van der Waals surface area contributed by atoms with E-state index >= 15 is 0 Å². The molecule has 0 saturated carbocycles. The van der Waals surface area contributed by atoms with Gasteiger partial charge in [0.05, 0.1) is 0 Å². The SMILES string of the molecule is CC1=C(C=CC(C)P(Cl)(c2ccccc2)(c2ccccc2)c2ccccc2)C(C)(C)CCC1. The topological polar surface area (TPSA) is 0 Å². The normalized spacial score (nSPS) is 18.6. The van der Waals surface area contributed by atoms with Gasteiger partial charge in [0, 0.05) is 0 Å². The van der Waals surface area contributed by atoms with Crippen molar-refractivity contribution in [1.29, 1.82) is 0 Å². The molecule has 0 aromatic heterocycles. The molecule has 3 aromatic rings. The van der Waals surface area contributed by atoms with E-state index in [0.29, 0.717) is 0 Å². The monoisotopic (exact) mass is 474 g/mol. The van der Waals surface area contributed by atoms with Crippen LogP contribution in [0.25, 0.3) is 0 Å². The van der Waals surface area contributed by atoms with E-state index in [1.54, 1.807) is 0 Å². The predicted molar refractivity (Wildman–Crippen MR) is 150 cm³/mol. The molecule has 1 aliphatic carbocycles. The van der Waals surface area contributed by atoms with Crippen LogP contribution in [0.3, 0.4) is 0 Å². The molecule has 1 unspecified atom stereocenters. The van der Waals surface area contributed by atoms with E-state index in [0.717, 1.165) is 0 Å². The zero-order valence-electron chi connectivity index (χ0n) is 20.3. The third-order valence-electron chi connectivity index (χ3n) is 7.63. The number of rotatable bonds is 6. The van der Waals surface area contributed by atoms with Crippen LogP contribution in [-0.2, 0) is 0 Å². The molecule has 2 heteroatoms. The van der Waals surface area contributed by atoms with Gasteiger partial charge in [-0.2, -0.15) is 0 Å². The first-order valence-corrected chi connectivity index (χ1v) is 15.3. The minimum atomic E-state index is -3.34. The van der Waals surface area contributed by atoms with Crippen molar-refractivity contribution in [2.24, 2.45) is 5.41 Å². The fourth-order valence-electron chi connectivity index (χ4n) is 5.72. The van der Waals surface area contributed by atoms with Gasteiger partial charge in [0.15, 0.2) is 0 Å². The molecule has 1 atom stereocenters. The molecule has 0 saturated heterocycles. The molecule has 0 nitrogen and oxygen atoms in total. The third kappa shape index (κ3) is 4.03. The number of hydrogen-bond acceptors (Lipinski definition) is 0. The fourth-order valence-corrected chi connectivity index (χ4v) is 11.9. The van der Waals surface area contributed by atoms with E-state index in [1.807, 2.05) is 0 Å². The molecule has 3 aromatic carbocycles. The van der Waals surface area contributed by atoms with Crippen molar-refractivity contribution >= 4 is 33.1 Å². The Balaban J connectivity index is 1.99. The van der Waals surface area contributed by atoms with Gasteiger partial charge in [0.2, 0.25) is 0 Å². The van der Waals surface area contributed by atoms with Crippen LogP contribution in [0.4, 0.5) is 0 Å². The summed E-state index contributed by atoms with van der Waals surface area (Å²) in [5.41, 5.74) is 3.32. The van der Waals surface area contributed by atoms with E-state index in [2.05, 4.69) is 131 Å². The summed E-state index contributed by atoms with van der Waals surface area (Å²) in [5.74, 6) is -3.34. The van der Waals surface area contributed by atoms with Gasteiger partial charge < -0.3 is 0 Å². The molecule has 0 N–H and O–H groups in total. The van der Waals surface area contributed by atoms with Crippen LogP contribution in [0.1, 0.15) is 47.0 Å². The van der Waals surface area contributed by atoms with Gasteiger partial charge in [-0.15, -0.1) is 0 Å². The first-order chi connectivity index (χ1) is 15.8. The number of halogens is 1. The van der Waals surface area contributed by atoms with Gasteiger partial charge in [0.25, 0.3) is 0 Å². The first-order valence-electron chi connectivity index (χ1n) is 12.1. The van der Waals surface area contributed by atoms with E-state index in [4.69, 9.17) is 11.2 Å². The van der Waals surface area contributed by atoms with Crippen LogP contribution >= 0.6 is 17.2 Å². The van der Waals surface area contributed by atoms with Gasteiger partial charge in [-0.1, -0.05) is 0 Å². The molecule has 33 heavy (non-hydrogen) atoms. The van der Waals surface area contributed by atoms with Gasteiger partial charge in [-0.05, 0) is 0 Å². The average molecular weight is 475 g/mol. The van der Waals surface area contributed by atoms with Crippen LogP contribution in [-0.4, -0.2) is 5.66 Å². The van der Waals surface area contributed by atoms with Crippen molar-refractivity contribution in [2.45, 2.75) is 52.6 Å². The summed E-state index contributed by atoms with van der Waals surface area (Å²) in [5, 5.41) is 3.65. The van der Waals surface area contributed by atoms with Crippen molar-refractivity contribution in [1.82, 2.24) is 0 Å². The molecule has 0 bridgehead atoms. The number of allylic oxidation sites excluding steroid dienone is 4. The Bertz CT molecular complexity index is 1040. The van der Waals surface area contributed by atoms with Gasteiger partial charge in [-0.3, -0.25) is 0 Å².